The van der Waals surface area contributed by atoms with Gasteiger partial charge in [-0.05, 0) is 42.5 Å². The number of nitrogens with zero attached hydrogens (tertiary/aromatic N) is 6. The molecular formula is C23H22ClN7OS. The number of halogens is 1. The summed E-state index contributed by atoms with van der Waals surface area (Å²) < 4.78 is 1.85. The summed E-state index contributed by atoms with van der Waals surface area (Å²) in [5.41, 5.74) is 8.76. The predicted octanol–water partition coefficient (Wildman–Crippen LogP) is 4.66. The summed E-state index contributed by atoms with van der Waals surface area (Å²) >= 11 is 10.9. The van der Waals surface area contributed by atoms with Crippen molar-refractivity contribution in [3.8, 4) is 5.88 Å². The van der Waals surface area contributed by atoms with Gasteiger partial charge in [0.2, 0.25) is 11.0 Å². The topological polar surface area (TPSA) is 95.3 Å². The lowest BCUT2D eigenvalue weighted by atomic mass is 10.1. The number of hydrogen-bond donors (Lipinski definition) is 2. The van der Waals surface area contributed by atoms with Gasteiger partial charge in [-0.3, -0.25) is 14.5 Å². The zero-order valence-corrected chi connectivity index (χ0v) is 19.3. The van der Waals surface area contributed by atoms with Crippen LogP contribution >= 0.6 is 23.8 Å². The third-order valence-corrected chi connectivity index (χ3v) is 6.22. The van der Waals surface area contributed by atoms with Crippen LogP contribution in [0.1, 0.15) is 0 Å². The molecule has 0 aliphatic carbocycles. The molecule has 168 valence electrons. The molecule has 5 rings (SSSR count). The highest BCUT2D eigenvalue weighted by Crippen LogP contribution is 2.39. The Hall–Kier alpha value is -3.27. The van der Waals surface area contributed by atoms with Gasteiger partial charge in [0.1, 0.15) is 0 Å². The highest BCUT2D eigenvalue weighted by atomic mass is 35.5. The zero-order chi connectivity index (χ0) is 22.9. The van der Waals surface area contributed by atoms with Crippen LogP contribution in [0.3, 0.4) is 0 Å². The molecule has 33 heavy (non-hydrogen) atoms. The van der Waals surface area contributed by atoms with E-state index in [0.29, 0.717) is 17.4 Å². The number of azo groups is 1. The van der Waals surface area contributed by atoms with E-state index >= 15 is 0 Å². The average Bonchev–Trinajstić information content (AvgIpc) is 3.08. The van der Waals surface area contributed by atoms with Crippen LogP contribution < -0.4 is 10.6 Å². The number of aromatic nitrogens is 2. The predicted molar refractivity (Wildman–Crippen MR) is 135 cm³/mol. The lowest BCUT2D eigenvalue weighted by Gasteiger charge is -2.36. The van der Waals surface area contributed by atoms with Crippen molar-refractivity contribution < 1.29 is 5.11 Å². The number of fused-ring (bicyclic) bond motifs is 2. The van der Waals surface area contributed by atoms with Gasteiger partial charge in [-0.25, -0.2) is 0 Å². The molecule has 0 unspecified atom stereocenters. The SMILES string of the molecule is NC(=S)N=Nc1c(O)n(CN2CCN(c3ccnc4cc(Cl)ccc34)CC2)c2ccccc12. The van der Waals surface area contributed by atoms with E-state index in [9.17, 15) is 5.11 Å². The van der Waals surface area contributed by atoms with Crippen molar-refractivity contribution in [1.82, 2.24) is 14.5 Å². The first kappa shape index (κ1) is 21.6. The minimum Gasteiger partial charge on any atom is -0.493 e. The number of piperazine rings is 1. The Balaban J connectivity index is 1.36. The standard InChI is InChI=1S/C23H22ClN7OS/c24-15-5-6-16-18(13-15)26-8-7-19(16)30-11-9-29(10-12-30)14-31-20-4-2-1-3-17(20)21(22(31)32)27-28-23(25)33/h1-8,13,32H,9-12,14H2,(H2,25,33). The van der Waals surface area contributed by atoms with Crippen molar-refractivity contribution in [3.05, 3.63) is 59.8 Å². The van der Waals surface area contributed by atoms with Crippen molar-refractivity contribution in [2.45, 2.75) is 6.67 Å². The second kappa shape index (κ2) is 8.93. The number of benzene rings is 2. The first-order valence-corrected chi connectivity index (χ1v) is 11.3. The van der Waals surface area contributed by atoms with Crippen molar-refractivity contribution in [2.24, 2.45) is 16.0 Å². The summed E-state index contributed by atoms with van der Waals surface area (Å²) in [5, 5.41) is 21.2. The lowest BCUT2D eigenvalue weighted by molar-refractivity contribution is 0.200. The summed E-state index contributed by atoms with van der Waals surface area (Å²) in [6.07, 6.45) is 1.83. The van der Waals surface area contributed by atoms with Crippen LogP contribution in [-0.4, -0.2) is 50.8 Å². The molecule has 4 aromatic rings. The minimum atomic E-state index is -0.0757. The normalized spacial score (nSPS) is 15.1. The van der Waals surface area contributed by atoms with E-state index in [1.54, 1.807) is 0 Å². The van der Waals surface area contributed by atoms with E-state index in [1.165, 1.54) is 0 Å². The average molecular weight is 480 g/mol. The highest BCUT2D eigenvalue weighted by Gasteiger charge is 2.22. The molecule has 3 heterocycles. The molecule has 0 amide bonds. The van der Waals surface area contributed by atoms with Gasteiger partial charge in [-0.15, -0.1) is 10.2 Å². The number of hydrogen-bond acceptors (Lipinski definition) is 6. The molecule has 2 aromatic heterocycles. The van der Waals surface area contributed by atoms with Gasteiger partial charge in [-0.1, -0.05) is 29.8 Å². The van der Waals surface area contributed by atoms with Gasteiger partial charge >= 0.3 is 0 Å². The quantitative estimate of drug-likeness (QED) is 0.326. The van der Waals surface area contributed by atoms with Crippen molar-refractivity contribution >= 4 is 62.1 Å². The van der Waals surface area contributed by atoms with Crippen molar-refractivity contribution in [2.75, 3.05) is 31.1 Å². The smallest absolute Gasteiger partial charge is 0.221 e. The van der Waals surface area contributed by atoms with Gasteiger partial charge in [0.25, 0.3) is 0 Å². The van der Waals surface area contributed by atoms with E-state index in [1.807, 2.05) is 53.2 Å². The summed E-state index contributed by atoms with van der Waals surface area (Å²) in [7, 11) is 0. The molecular weight excluding hydrogens is 458 g/mol. The molecule has 1 fully saturated rings. The van der Waals surface area contributed by atoms with Crippen LogP contribution in [0, 0.1) is 0 Å². The fourth-order valence-electron chi connectivity index (χ4n) is 4.32. The third-order valence-electron chi connectivity index (χ3n) is 5.90. The van der Waals surface area contributed by atoms with Gasteiger partial charge in [0.15, 0.2) is 5.69 Å². The van der Waals surface area contributed by atoms with Gasteiger partial charge in [-0.2, -0.15) is 0 Å². The molecule has 1 saturated heterocycles. The number of anilines is 1. The van der Waals surface area contributed by atoms with Crippen LogP contribution in [0.15, 0.2) is 65.0 Å². The Morgan fingerprint density at radius 3 is 2.67 bits per heavy atom. The number of pyridine rings is 1. The van der Waals surface area contributed by atoms with E-state index < -0.39 is 0 Å². The number of para-hydroxylation sites is 1. The zero-order valence-electron chi connectivity index (χ0n) is 17.7. The molecule has 2 aromatic carbocycles. The van der Waals surface area contributed by atoms with Crippen LogP contribution in [0.5, 0.6) is 5.88 Å². The monoisotopic (exact) mass is 479 g/mol. The van der Waals surface area contributed by atoms with Crippen LogP contribution in [0.25, 0.3) is 21.8 Å². The molecule has 0 spiro atoms. The molecule has 8 nitrogen and oxygen atoms in total. The molecule has 1 aliphatic rings. The fraction of sp³-hybridized carbons (Fsp3) is 0.217. The van der Waals surface area contributed by atoms with Gasteiger partial charge in [0, 0.05) is 53.9 Å². The number of nitrogens with two attached hydrogens (primary N) is 1. The Labute approximate surface area is 200 Å². The number of thiocarbonyl (C=S) groups is 1. The first-order valence-electron chi connectivity index (χ1n) is 10.5. The van der Waals surface area contributed by atoms with E-state index in [0.717, 1.165) is 53.7 Å². The molecule has 1 aliphatic heterocycles. The van der Waals surface area contributed by atoms with Crippen LogP contribution in [0.2, 0.25) is 5.02 Å². The van der Waals surface area contributed by atoms with Crippen molar-refractivity contribution in [1.29, 1.82) is 0 Å². The van der Waals surface area contributed by atoms with Gasteiger partial charge in [0.05, 0.1) is 17.7 Å². The van der Waals surface area contributed by atoms with E-state index in [-0.39, 0.29) is 11.0 Å². The highest BCUT2D eigenvalue weighted by molar-refractivity contribution is 7.80. The summed E-state index contributed by atoms with van der Waals surface area (Å²) in [4.78, 5) is 9.12. The Bertz CT molecular complexity index is 1380. The molecule has 0 saturated carbocycles. The Kier molecular flexibility index (Phi) is 5.84. The first-order chi connectivity index (χ1) is 16.0. The van der Waals surface area contributed by atoms with E-state index in [4.69, 9.17) is 29.6 Å². The molecule has 10 heteroatoms. The van der Waals surface area contributed by atoms with Crippen LogP contribution in [-0.2, 0) is 6.67 Å². The molecule has 0 radical (unpaired) electrons. The number of aromatic hydroxyl groups is 1. The second-order valence-electron chi connectivity index (χ2n) is 7.89. The maximum atomic E-state index is 10.9. The summed E-state index contributed by atoms with van der Waals surface area (Å²) in [5.74, 6) is 0.0515. The fourth-order valence-corrected chi connectivity index (χ4v) is 4.53. The lowest BCUT2D eigenvalue weighted by Crippen LogP contribution is -2.46. The maximum Gasteiger partial charge on any atom is 0.221 e. The van der Waals surface area contributed by atoms with Crippen LogP contribution in [0.4, 0.5) is 11.4 Å². The number of rotatable bonds is 4. The summed E-state index contributed by atoms with van der Waals surface area (Å²) in [6, 6.07) is 15.6. The largest absolute Gasteiger partial charge is 0.493 e. The second-order valence-corrected chi connectivity index (χ2v) is 8.75. The minimum absolute atomic E-state index is 0.0515. The summed E-state index contributed by atoms with van der Waals surface area (Å²) in [6.45, 7) is 3.93. The molecule has 0 atom stereocenters. The Morgan fingerprint density at radius 2 is 1.88 bits per heavy atom. The Morgan fingerprint density at radius 1 is 1.09 bits per heavy atom. The molecule has 3 N–H and O–H groups in total. The maximum absolute atomic E-state index is 10.9. The third kappa shape index (κ3) is 4.22. The van der Waals surface area contributed by atoms with Crippen molar-refractivity contribution in [3.63, 3.8) is 0 Å². The van der Waals surface area contributed by atoms with Gasteiger partial charge < -0.3 is 15.7 Å². The molecule has 0 bridgehead atoms. The van der Waals surface area contributed by atoms with E-state index in [2.05, 4.69) is 31.1 Å².